The van der Waals surface area contributed by atoms with Crippen LogP contribution < -0.4 is 10.4 Å². The molecule has 0 saturated heterocycles. The summed E-state index contributed by atoms with van der Waals surface area (Å²) in [5, 5.41) is 0. The summed E-state index contributed by atoms with van der Waals surface area (Å²) >= 11 is 0. The summed E-state index contributed by atoms with van der Waals surface area (Å²) in [5.41, 5.74) is -0.361. The van der Waals surface area contributed by atoms with E-state index in [-0.39, 0.29) is 5.63 Å². The molecule has 0 aromatic carbocycles. The van der Waals surface area contributed by atoms with Crippen LogP contribution in [0.5, 0.6) is 5.75 Å². The molecule has 2 bridgehead atoms. The molecule has 0 unspecified atom stereocenters. The molecule has 0 spiro atoms. The molecule has 1 aliphatic rings. The van der Waals surface area contributed by atoms with Gasteiger partial charge in [-0.1, -0.05) is 37.1 Å². The lowest BCUT2D eigenvalue weighted by Gasteiger charge is -2.09. The fraction of sp³-hybridized carbons (Fsp3) is 0.409. The van der Waals surface area contributed by atoms with Crippen LogP contribution in [0.1, 0.15) is 57.6 Å². The molecule has 0 N–H and O–H groups in total. The lowest BCUT2D eigenvalue weighted by atomic mass is 10.1. The molecule has 1 aromatic rings. The van der Waals surface area contributed by atoms with Gasteiger partial charge in [-0.15, -0.1) is 5.92 Å². The molecule has 1 aliphatic heterocycles. The van der Waals surface area contributed by atoms with E-state index >= 15 is 0 Å². The number of hydrogen-bond acceptors (Lipinski definition) is 3. The van der Waals surface area contributed by atoms with Gasteiger partial charge in [0.25, 0.3) is 0 Å². The number of aryl methyl sites for hydroxylation is 1. The summed E-state index contributed by atoms with van der Waals surface area (Å²) in [6.07, 6.45) is 17.4. The van der Waals surface area contributed by atoms with Gasteiger partial charge >= 0.3 is 5.63 Å². The first-order chi connectivity index (χ1) is 12.3. The number of ether oxygens (including phenoxy) is 1. The molecule has 0 aliphatic carbocycles. The first-order valence-corrected chi connectivity index (χ1v) is 9.04. The second kappa shape index (κ2) is 11.1. The highest BCUT2D eigenvalue weighted by Gasteiger charge is 2.05. The van der Waals surface area contributed by atoms with E-state index in [0.717, 1.165) is 57.1 Å². The molecule has 0 saturated carbocycles. The third kappa shape index (κ3) is 7.76. The van der Waals surface area contributed by atoms with E-state index < -0.39 is 0 Å². The monoisotopic (exact) mass is 338 g/mol. The predicted octanol–water partition coefficient (Wildman–Crippen LogP) is 5.33. The van der Waals surface area contributed by atoms with Crippen LogP contribution in [0, 0.1) is 11.8 Å². The Bertz CT molecular complexity index is 739. The Labute approximate surface area is 150 Å². The average Bonchev–Trinajstić information content (AvgIpc) is 2.60. The van der Waals surface area contributed by atoms with Crippen molar-refractivity contribution >= 4 is 0 Å². The third-order valence-corrected chi connectivity index (χ3v) is 3.80. The Balaban J connectivity index is 2.14. The summed E-state index contributed by atoms with van der Waals surface area (Å²) in [6.45, 7) is 2.04. The van der Waals surface area contributed by atoms with Crippen LogP contribution in [0.25, 0.3) is 0 Å². The minimum Gasteiger partial charge on any atom is -0.462 e. The zero-order chi connectivity index (χ0) is 17.7. The van der Waals surface area contributed by atoms with Gasteiger partial charge in [-0.3, -0.25) is 0 Å². The molecule has 2 rings (SSSR count). The van der Waals surface area contributed by atoms with E-state index in [1.165, 1.54) is 6.07 Å². The summed E-state index contributed by atoms with van der Waals surface area (Å²) in [7, 11) is 0. The lowest BCUT2D eigenvalue weighted by molar-refractivity contribution is 0.386. The van der Waals surface area contributed by atoms with Gasteiger partial charge < -0.3 is 9.15 Å². The van der Waals surface area contributed by atoms with Crippen molar-refractivity contribution < 1.29 is 9.15 Å². The van der Waals surface area contributed by atoms with Crippen molar-refractivity contribution in [3.63, 3.8) is 0 Å². The van der Waals surface area contributed by atoms with Gasteiger partial charge in [-0.05, 0) is 31.8 Å². The second-order valence-electron chi connectivity index (χ2n) is 5.88. The van der Waals surface area contributed by atoms with Crippen molar-refractivity contribution in [1.82, 2.24) is 0 Å². The van der Waals surface area contributed by atoms with Gasteiger partial charge in [-0.2, -0.15) is 0 Å². The van der Waals surface area contributed by atoms with Crippen molar-refractivity contribution in [1.29, 1.82) is 0 Å². The zero-order valence-corrected chi connectivity index (χ0v) is 14.9. The van der Waals surface area contributed by atoms with Crippen LogP contribution in [0.4, 0.5) is 0 Å². The number of rotatable bonds is 1. The molecule has 0 amide bonds. The highest BCUT2D eigenvalue weighted by atomic mass is 16.5. The molecule has 3 heteroatoms. The lowest BCUT2D eigenvalue weighted by Crippen LogP contribution is -2.03. The van der Waals surface area contributed by atoms with Crippen LogP contribution in [-0.2, 0) is 6.42 Å². The fourth-order valence-electron chi connectivity index (χ4n) is 2.48. The highest BCUT2D eigenvalue weighted by Crippen LogP contribution is 2.17. The number of hydrogen-bond donors (Lipinski definition) is 0. The Morgan fingerprint density at radius 2 is 1.88 bits per heavy atom. The summed E-state index contributed by atoms with van der Waals surface area (Å²) in [6, 6.07) is 3.23. The SMILES string of the molecule is CCC1=CCC=CCC=CCC#CCCCCc2cc(cc(=O)o2)O1. The topological polar surface area (TPSA) is 39.4 Å². The van der Waals surface area contributed by atoms with Gasteiger partial charge in [0.05, 0.1) is 6.07 Å². The van der Waals surface area contributed by atoms with Crippen LogP contribution >= 0.6 is 0 Å². The van der Waals surface area contributed by atoms with E-state index in [0.29, 0.717) is 11.5 Å². The minimum atomic E-state index is -0.361. The third-order valence-electron chi connectivity index (χ3n) is 3.80. The van der Waals surface area contributed by atoms with Crippen LogP contribution in [0.15, 0.2) is 57.5 Å². The molecule has 3 nitrogen and oxygen atoms in total. The van der Waals surface area contributed by atoms with Crippen molar-refractivity contribution in [2.24, 2.45) is 0 Å². The number of fused-ring (bicyclic) bond motifs is 2. The van der Waals surface area contributed by atoms with Crippen molar-refractivity contribution in [2.75, 3.05) is 0 Å². The molecule has 25 heavy (non-hydrogen) atoms. The van der Waals surface area contributed by atoms with E-state index in [4.69, 9.17) is 9.15 Å². The van der Waals surface area contributed by atoms with Gasteiger partial charge in [0.2, 0.25) is 0 Å². The molecule has 132 valence electrons. The maximum atomic E-state index is 11.8. The Morgan fingerprint density at radius 3 is 2.76 bits per heavy atom. The second-order valence-corrected chi connectivity index (χ2v) is 5.88. The molecule has 1 aromatic heterocycles. The summed E-state index contributed by atoms with van der Waals surface area (Å²) in [5.74, 6) is 8.45. The molecular formula is C22H26O3. The summed E-state index contributed by atoms with van der Waals surface area (Å²) in [4.78, 5) is 11.8. The first-order valence-electron chi connectivity index (χ1n) is 9.04. The normalized spacial score (nSPS) is 16.4. The number of allylic oxidation sites excluding steroid dienone is 6. The van der Waals surface area contributed by atoms with Crippen molar-refractivity contribution in [2.45, 2.75) is 58.3 Å². The van der Waals surface area contributed by atoms with Crippen molar-refractivity contribution in [3.8, 4) is 17.6 Å². The standard InChI is InChI=1S/C22H26O3/c1-2-19-15-13-11-9-7-5-3-4-6-8-10-12-14-16-20-17-21(24-19)18-22(23)25-20/h3,5,9,11,15,17-18H,2,4,7,10,12-14,16H2,1H3. The maximum Gasteiger partial charge on any atom is 0.339 e. The molecule has 0 atom stereocenters. The van der Waals surface area contributed by atoms with Gasteiger partial charge in [0, 0.05) is 31.7 Å². The predicted molar refractivity (Wildman–Crippen MR) is 101 cm³/mol. The Morgan fingerprint density at radius 1 is 1.04 bits per heavy atom. The molecule has 0 radical (unpaired) electrons. The van der Waals surface area contributed by atoms with Gasteiger partial charge in [-0.25, -0.2) is 4.79 Å². The zero-order valence-electron chi connectivity index (χ0n) is 14.9. The largest absolute Gasteiger partial charge is 0.462 e. The molecule has 2 heterocycles. The van der Waals surface area contributed by atoms with E-state index in [1.54, 1.807) is 0 Å². The maximum absolute atomic E-state index is 11.8. The average molecular weight is 338 g/mol. The first kappa shape index (κ1) is 18.9. The van der Waals surface area contributed by atoms with Crippen LogP contribution in [-0.4, -0.2) is 0 Å². The fourth-order valence-corrected chi connectivity index (χ4v) is 2.48. The van der Waals surface area contributed by atoms with Gasteiger partial charge in [0.15, 0.2) is 0 Å². The van der Waals surface area contributed by atoms with E-state index in [2.05, 4.69) is 36.1 Å². The smallest absolute Gasteiger partial charge is 0.339 e. The van der Waals surface area contributed by atoms with Gasteiger partial charge in [0.1, 0.15) is 17.3 Å². The highest BCUT2D eigenvalue weighted by molar-refractivity contribution is 5.23. The van der Waals surface area contributed by atoms with Crippen LogP contribution in [0.2, 0.25) is 0 Å². The summed E-state index contributed by atoms with van der Waals surface area (Å²) < 4.78 is 11.2. The van der Waals surface area contributed by atoms with E-state index in [9.17, 15) is 4.79 Å². The Hall–Kier alpha value is -2.47. The minimum absolute atomic E-state index is 0.361. The van der Waals surface area contributed by atoms with Crippen LogP contribution in [0.3, 0.4) is 0 Å². The molecular weight excluding hydrogens is 312 g/mol. The van der Waals surface area contributed by atoms with E-state index in [1.807, 2.05) is 19.1 Å². The Kier molecular flexibility index (Phi) is 8.41. The quantitative estimate of drug-likeness (QED) is 0.513. The molecule has 0 fully saturated rings. The van der Waals surface area contributed by atoms with Crippen molar-refractivity contribution in [3.05, 3.63) is 64.5 Å².